The van der Waals surface area contributed by atoms with Gasteiger partial charge in [0.1, 0.15) is 22.9 Å². The Kier molecular flexibility index (Phi) is 7.44. The summed E-state index contributed by atoms with van der Waals surface area (Å²) in [5, 5.41) is 0. The Balaban J connectivity index is 1.22. The van der Waals surface area contributed by atoms with Crippen LogP contribution in [0.15, 0.2) is 24.3 Å². The van der Waals surface area contributed by atoms with E-state index in [4.69, 9.17) is 4.74 Å². The molecule has 0 bridgehead atoms. The van der Waals surface area contributed by atoms with E-state index in [0.717, 1.165) is 43.9 Å². The first-order chi connectivity index (χ1) is 17.6. The summed E-state index contributed by atoms with van der Waals surface area (Å²) < 4.78 is 109. The van der Waals surface area contributed by atoms with Gasteiger partial charge in [-0.15, -0.1) is 0 Å². The van der Waals surface area contributed by atoms with Crippen molar-refractivity contribution in [2.24, 2.45) is 17.8 Å². The Hall–Kier alpha value is -2.29. The summed E-state index contributed by atoms with van der Waals surface area (Å²) in [6.07, 6.45) is 4.73. The number of halogens is 7. The fourth-order valence-electron chi connectivity index (χ4n) is 6.17. The molecule has 2 aliphatic carbocycles. The van der Waals surface area contributed by atoms with Gasteiger partial charge < -0.3 is 9.47 Å². The number of alkyl halides is 2. The molecule has 2 aromatic rings. The van der Waals surface area contributed by atoms with Crippen LogP contribution in [0.4, 0.5) is 30.7 Å². The number of hydrogen-bond acceptors (Lipinski definition) is 2. The maximum absolute atomic E-state index is 14.8. The Bertz CT molecular complexity index is 1070. The smallest absolute Gasteiger partial charge is 0.429 e. The van der Waals surface area contributed by atoms with E-state index < -0.39 is 46.5 Å². The summed E-state index contributed by atoms with van der Waals surface area (Å²) in [5.41, 5.74) is -1.40. The van der Waals surface area contributed by atoms with Crippen molar-refractivity contribution >= 4 is 0 Å². The van der Waals surface area contributed by atoms with Crippen molar-refractivity contribution in [1.29, 1.82) is 0 Å². The largest absolute Gasteiger partial charge is 0.432 e. The highest BCUT2D eigenvalue weighted by Crippen LogP contribution is 2.44. The first-order valence-corrected chi connectivity index (χ1v) is 12.9. The molecule has 0 aromatic heterocycles. The maximum Gasteiger partial charge on any atom is 0.432 e. The number of ether oxygens (including phenoxy) is 2. The monoisotopic (exact) mass is 530 g/mol. The van der Waals surface area contributed by atoms with Crippen molar-refractivity contribution in [3.05, 3.63) is 64.5 Å². The molecule has 2 saturated carbocycles. The van der Waals surface area contributed by atoms with Crippen LogP contribution in [0.3, 0.4) is 0 Å². The molecule has 2 unspecified atom stereocenters. The molecule has 1 saturated heterocycles. The minimum absolute atomic E-state index is 0.179. The summed E-state index contributed by atoms with van der Waals surface area (Å²) in [6, 6.07) is 2.09. The van der Waals surface area contributed by atoms with E-state index in [1.807, 2.05) is 0 Å². The van der Waals surface area contributed by atoms with Crippen LogP contribution in [-0.4, -0.2) is 12.7 Å². The second kappa shape index (κ2) is 10.5. The highest BCUT2D eigenvalue weighted by Gasteiger charge is 2.42. The fourth-order valence-corrected chi connectivity index (χ4v) is 6.17. The SMILES string of the molecule is Fc1cc(OC(F)(F)c2c(F)cc(C3CCC(C4CCC(C5CCC5)CO4)CC3)cc2F)cc(F)c1F. The number of hydrogen-bond donors (Lipinski definition) is 0. The lowest BCUT2D eigenvalue weighted by molar-refractivity contribution is -0.189. The van der Waals surface area contributed by atoms with E-state index in [0.29, 0.717) is 24.7 Å². The van der Waals surface area contributed by atoms with Gasteiger partial charge in [-0.25, -0.2) is 22.0 Å². The Morgan fingerprint density at radius 1 is 0.676 bits per heavy atom. The van der Waals surface area contributed by atoms with Gasteiger partial charge in [0.15, 0.2) is 17.5 Å². The predicted molar refractivity (Wildman–Crippen MR) is 122 cm³/mol. The van der Waals surface area contributed by atoms with Crippen molar-refractivity contribution in [1.82, 2.24) is 0 Å². The van der Waals surface area contributed by atoms with Gasteiger partial charge in [-0.05, 0) is 79.9 Å². The van der Waals surface area contributed by atoms with E-state index in [-0.39, 0.29) is 29.7 Å². The predicted octanol–water partition coefficient (Wildman–Crippen LogP) is 8.38. The Morgan fingerprint density at radius 2 is 1.27 bits per heavy atom. The quantitative estimate of drug-likeness (QED) is 0.276. The van der Waals surface area contributed by atoms with Crippen LogP contribution in [0.5, 0.6) is 5.75 Å². The zero-order valence-corrected chi connectivity index (χ0v) is 20.2. The third-order valence-electron chi connectivity index (χ3n) is 8.49. The molecular formula is C28H29F7O2. The fraction of sp³-hybridized carbons (Fsp3) is 0.571. The average molecular weight is 531 g/mol. The summed E-state index contributed by atoms with van der Waals surface area (Å²) in [7, 11) is 0. The summed E-state index contributed by atoms with van der Waals surface area (Å²) in [4.78, 5) is 0. The highest BCUT2D eigenvalue weighted by molar-refractivity contribution is 5.33. The molecule has 2 aromatic carbocycles. The van der Waals surface area contributed by atoms with Crippen molar-refractivity contribution in [3.63, 3.8) is 0 Å². The summed E-state index contributed by atoms with van der Waals surface area (Å²) in [5.74, 6) is -7.91. The number of benzene rings is 2. The van der Waals surface area contributed by atoms with E-state index in [9.17, 15) is 30.7 Å². The third-order valence-corrected chi connectivity index (χ3v) is 8.49. The first-order valence-electron chi connectivity index (χ1n) is 12.9. The molecule has 202 valence electrons. The molecule has 2 nitrogen and oxygen atoms in total. The van der Waals surface area contributed by atoms with E-state index >= 15 is 0 Å². The van der Waals surface area contributed by atoms with Gasteiger partial charge in [0.05, 0.1) is 12.7 Å². The van der Waals surface area contributed by atoms with Crippen LogP contribution in [0, 0.1) is 46.8 Å². The van der Waals surface area contributed by atoms with Gasteiger partial charge in [0, 0.05) is 12.1 Å². The lowest BCUT2D eigenvalue weighted by Gasteiger charge is -2.42. The summed E-state index contributed by atoms with van der Waals surface area (Å²) in [6.45, 7) is 0.806. The molecule has 9 heteroatoms. The number of rotatable bonds is 6. The van der Waals surface area contributed by atoms with Crippen molar-refractivity contribution in [2.75, 3.05) is 6.61 Å². The molecule has 2 atom stereocenters. The van der Waals surface area contributed by atoms with Crippen molar-refractivity contribution < 1.29 is 40.2 Å². The van der Waals surface area contributed by atoms with E-state index in [1.165, 1.54) is 25.7 Å². The van der Waals surface area contributed by atoms with Gasteiger partial charge in [0.2, 0.25) is 0 Å². The molecule has 0 amide bonds. The molecule has 3 fully saturated rings. The molecule has 37 heavy (non-hydrogen) atoms. The van der Waals surface area contributed by atoms with E-state index in [2.05, 4.69) is 4.74 Å². The minimum atomic E-state index is -4.59. The molecule has 1 aliphatic heterocycles. The molecule has 0 radical (unpaired) electrons. The highest BCUT2D eigenvalue weighted by atomic mass is 19.3. The van der Waals surface area contributed by atoms with Gasteiger partial charge in [-0.2, -0.15) is 8.78 Å². The minimum Gasteiger partial charge on any atom is -0.429 e. The lowest BCUT2D eigenvalue weighted by Crippen LogP contribution is -2.37. The van der Waals surface area contributed by atoms with Crippen molar-refractivity contribution in [3.8, 4) is 5.75 Å². The van der Waals surface area contributed by atoms with Crippen LogP contribution in [0.25, 0.3) is 0 Å². The summed E-state index contributed by atoms with van der Waals surface area (Å²) >= 11 is 0. The standard InChI is InChI=1S/C28H29F7O2/c29-21-10-19(11-22(30)26(21)28(34,35)37-20-12-23(31)27(33)24(32)13-20)16-4-6-17(7-5-16)25-9-8-18(14-36-25)15-2-1-3-15/h10-13,15-18,25H,1-9,14H2. The van der Waals surface area contributed by atoms with Crippen LogP contribution in [0.1, 0.15) is 74.8 Å². The van der Waals surface area contributed by atoms with Crippen molar-refractivity contribution in [2.45, 2.75) is 75.9 Å². The van der Waals surface area contributed by atoms with Crippen LogP contribution < -0.4 is 4.74 Å². The zero-order chi connectivity index (χ0) is 26.3. The second-order valence-electron chi connectivity index (χ2n) is 10.7. The van der Waals surface area contributed by atoms with Crippen LogP contribution in [-0.2, 0) is 10.8 Å². The Morgan fingerprint density at radius 3 is 1.78 bits per heavy atom. The maximum atomic E-state index is 14.8. The molecule has 5 rings (SSSR count). The molecular weight excluding hydrogens is 501 g/mol. The third kappa shape index (κ3) is 5.47. The normalized spacial score (nSPS) is 27.1. The van der Waals surface area contributed by atoms with Gasteiger partial charge >= 0.3 is 6.11 Å². The van der Waals surface area contributed by atoms with Crippen LogP contribution in [0.2, 0.25) is 0 Å². The van der Waals surface area contributed by atoms with Crippen LogP contribution >= 0.6 is 0 Å². The zero-order valence-electron chi connectivity index (χ0n) is 20.2. The van der Waals surface area contributed by atoms with Gasteiger partial charge in [-0.1, -0.05) is 19.3 Å². The Labute approximate surface area is 211 Å². The van der Waals surface area contributed by atoms with Gasteiger partial charge in [0.25, 0.3) is 0 Å². The molecule has 0 N–H and O–H groups in total. The second-order valence-corrected chi connectivity index (χ2v) is 10.7. The molecule has 0 spiro atoms. The molecule has 1 heterocycles. The molecule has 3 aliphatic rings. The lowest BCUT2D eigenvalue weighted by atomic mass is 9.71. The average Bonchev–Trinajstić information content (AvgIpc) is 2.81. The first kappa shape index (κ1) is 26.3. The van der Waals surface area contributed by atoms with E-state index in [1.54, 1.807) is 0 Å². The van der Waals surface area contributed by atoms with Gasteiger partial charge in [-0.3, -0.25) is 0 Å². The topological polar surface area (TPSA) is 18.5 Å².